The van der Waals surface area contributed by atoms with Crippen LogP contribution in [0, 0.1) is 0 Å². The van der Waals surface area contributed by atoms with Gasteiger partial charge in [-0.3, -0.25) is 4.79 Å². The van der Waals surface area contributed by atoms with Gasteiger partial charge in [0.05, 0.1) is 4.90 Å². The van der Waals surface area contributed by atoms with Gasteiger partial charge in [-0.1, -0.05) is 44.0 Å². The first-order valence-corrected chi connectivity index (χ1v) is 9.25. The van der Waals surface area contributed by atoms with Crippen LogP contribution in [-0.2, 0) is 9.84 Å². The normalized spacial score (nSPS) is 12.9. The van der Waals surface area contributed by atoms with Gasteiger partial charge < -0.3 is 0 Å². The quantitative estimate of drug-likeness (QED) is 0.679. The number of carbonyl (C=O) groups is 1. The molecule has 0 aliphatic heterocycles. The van der Waals surface area contributed by atoms with E-state index in [1.165, 1.54) is 19.1 Å². The van der Waals surface area contributed by atoms with Crippen LogP contribution in [0.4, 0.5) is 0 Å². The Labute approximate surface area is 140 Å². The maximum atomic E-state index is 12.5. The molecule has 0 aromatic heterocycles. The van der Waals surface area contributed by atoms with E-state index in [1.807, 2.05) is 0 Å². The average Bonchev–Trinajstić information content (AvgIpc) is 2.47. The predicted octanol–water partition coefficient (Wildman–Crippen LogP) is 4.26. The molecule has 0 amide bonds. The number of rotatable bonds is 4. The van der Waals surface area contributed by atoms with E-state index in [0.29, 0.717) is 5.56 Å². The minimum atomic E-state index is -3.70. The number of sulfone groups is 1. The number of benzene rings is 2. The molecule has 0 fully saturated rings. The molecule has 6 heteroatoms. The van der Waals surface area contributed by atoms with Crippen LogP contribution in [0.3, 0.4) is 0 Å². The van der Waals surface area contributed by atoms with Crippen LogP contribution in [-0.4, -0.2) is 19.5 Å². The number of halogens is 2. The topological polar surface area (TPSA) is 51.2 Å². The van der Waals surface area contributed by atoms with Gasteiger partial charge >= 0.3 is 0 Å². The molecule has 21 heavy (non-hydrogen) atoms. The van der Waals surface area contributed by atoms with Crippen LogP contribution in [0.25, 0.3) is 0 Å². The van der Waals surface area contributed by atoms with Gasteiger partial charge in [0.2, 0.25) is 0 Å². The summed E-state index contributed by atoms with van der Waals surface area (Å²) in [4.78, 5) is 12.5. The van der Waals surface area contributed by atoms with Crippen molar-refractivity contribution < 1.29 is 13.2 Å². The average molecular weight is 432 g/mol. The first-order valence-electron chi connectivity index (χ1n) is 6.11. The fourth-order valence-electron chi connectivity index (χ4n) is 1.82. The molecule has 3 nitrogen and oxygen atoms in total. The molecule has 2 aromatic carbocycles. The Morgan fingerprint density at radius 2 is 1.33 bits per heavy atom. The third-order valence-corrected chi connectivity index (χ3v) is 6.24. The highest BCUT2D eigenvalue weighted by Gasteiger charge is 2.30. The molecule has 0 saturated carbocycles. The SMILES string of the molecule is CC(C(=O)c1ccc(Br)cc1)S(=O)(=O)c1ccc(Br)cc1. The van der Waals surface area contributed by atoms with E-state index in [-0.39, 0.29) is 4.90 Å². The molecule has 110 valence electrons. The Hall–Kier alpha value is -0.980. The van der Waals surface area contributed by atoms with Crippen LogP contribution in [0.15, 0.2) is 62.4 Å². The van der Waals surface area contributed by atoms with E-state index in [1.54, 1.807) is 36.4 Å². The Morgan fingerprint density at radius 3 is 1.81 bits per heavy atom. The van der Waals surface area contributed by atoms with Crippen molar-refractivity contribution in [2.45, 2.75) is 17.1 Å². The summed E-state index contributed by atoms with van der Waals surface area (Å²) in [5.74, 6) is -0.412. The highest BCUT2D eigenvalue weighted by atomic mass is 79.9. The summed E-state index contributed by atoms with van der Waals surface area (Å²) in [6, 6.07) is 12.9. The summed E-state index contributed by atoms with van der Waals surface area (Å²) < 4.78 is 26.6. The fraction of sp³-hybridized carbons (Fsp3) is 0.133. The number of Topliss-reactive ketones (excluding diaryl/α,β-unsaturated/α-hetero) is 1. The van der Waals surface area contributed by atoms with Crippen LogP contribution >= 0.6 is 31.9 Å². The number of hydrogen-bond acceptors (Lipinski definition) is 3. The molecule has 2 aromatic rings. The smallest absolute Gasteiger partial charge is 0.188 e. The highest BCUT2D eigenvalue weighted by molar-refractivity contribution is 9.10. The van der Waals surface area contributed by atoms with Crippen LogP contribution in [0.1, 0.15) is 17.3 Å². The number of carbonyl (C=O) groups excluding carboxylic acids is 1. The largest absolute Gasteiger partial charge is 0.293 e. The van der Waals surface area contributed by atoms with Gasteiger partial charge in [-0.25, -0.2) is 8.42 Å². The molecule has 2 rings (SSSR count). The van der Waals surface area contributed by atoms with Gasteiger partial charge in [-0.15, -0.1) is 0 Å². The summed E-state index contributed by atoms with van der Waals surface area (Å²) >= 11 is 6.54. The molecular formula is C15H12Br2O3S. The molecule has 0 aliphatic carbocycles. The van der Waals surface area contributed by atoms with Gasteiger partial charge in [0.15, 0.2) is 15.6 Å². The second-order valence-electron chi connectivity index (χ2n) is 4.51. The standard InChI is InChI=1S/C15H12Br2O3S/c1-10(15(18)11-2-4-12(16)5-3-11)21(19,20)14-8-6-13(17)7-9-14/h2-10H,1H3. The summed E-state index contributed by atoms with van der Waals surface area (Å²) in [5.41, 5.74) is 0.381. The second-order valence-corrected chi connectivity index (χ2v) is 8.61. The van der Waals surface area contributed by atoms with Gasteiger partial charge in [-0.05, 0) is 43.3 Å². The van der Waals surface area contributed by atoms with Gasteiger partial charge in [0.25, 0.3) is 0 Å². The first kappa shape index (κ1) is 16.4. The minimum Gasteiger partial charge on any atom is -0.293 e. The monoisotopic (exact) mass is 430 g/mol. The third kappa shape index (κ3) is 3.62. The maximum Gasteiger partial charge on any atom is 0.188 e. The van der Waals surface area contributed by atoms with Crippen LogP contribution in [0.2, 0.25) is 0 Å². The van der Waals surface area contributed by atoms with Crippen LogP contribution < -0.4 is 0 Å². The van der Waals surface area contributed by atoms with Crippen molar-refractivity contribution in [2.75, 3.05) is 0 Å². The predicted molar refractivity (Wildman–Crippen MR) is 89.3 cm³/mol. The van der Waals surface area contributed by atoms with Gasteiger partial charge in [-0.2, -0.15) is 0 Å². The molecular weight excluding hydrogens is 420 g/mol. The van der Waals surface area contributed by atoms with E-state index in [4.69, 9.17) is 0 Å². The Balaban J connectivity index is 2.33. The lowest BCUT2D eigenvalue weighted by atomic mass is 10.1. The van der Waals surface area contributed by atoms with Crippen molar-refractivity contribution in [3.05, 3.63) is 63.0 Å². The molecule has 0 aliphatic rings. The molecule has 0 radical (unpaired) electrons. The lowest BCUT2D eigenvalue weighted by Gasteiger charge is -2.12. The molecule has 0 heterocycles. The summed E-state index contributed by atoms with van der Waals surface area (Å²) in [5, 5.41) is -1.13. The maximum absolute atomic E-state index is 12.5. The van der Waals surface area contributed by atoms with E-state index < -0.39 is 20.9 Å². The molecule has 1 unspecified atom stereocenters. The zero-order valence-electron chi connectivity index (χ0n) is 11.1. The molecule has 0 spiro atoms. The number of ketones is 1. The van der Waals surface area contributed by atoms with Gasteiger partial charge in [0, 0.05) is 14.5 Å². The fourth-order valence-corrected chi connectivity index (χ4v) is 3.69. The minimum absolute atomic E-state index is 0.142. The number of hydrogen-bond donors (Lipinski definition) is 0. The Kier molecular flexibility index (Phi) is 5.01. The van der Waals surface area contributed by atoms with E-state index in [9.17, 15) is 13.2 Å². The van der Waals surface area contributed by atoms with Crippen molar-refractivity contribution in [2.24, 2.45) is 0 Å². The molecule has 0 N–H and O–H groups in total. The lowest BCUT2D eigenvalue weighted by Crippen LogP contribution is -2.27. The van der Waals surface area contributed by atoms with Crippen molar-refractivity contribution in [1.29, 1.82) is 0 Å². The van der Waals surface area contributed by atoms with Crippen LogP contribution in [0.5, 0.6) is 0 Å². The zero-order valence-corrected chi connectivity index (χ0v) is 15.1. The molecule has 0 bridgehead atoms. The van der Waals surface area contributed by atoms with Crippen molar-refractivity contribution >= 4 is 47.5 Å². The first-order chi connectivity index (χ1) is 9.82. The Bertz CT molecular complexity index is 751. The third-order valence-electron chi connectivity index (χ3n) is 3.11. The summed E-state index contributed by atoms with van der Waals surface area (Å²) in [6.07, 6.45) is 0. The molecule has 0 saturated heterocycles. The summed E-state index contributed by atoms with van der Waals surface area (Å²) in [7, 11) is -3.70. The van der Waals surface area contributed by atoms with E-state index in [0.717, 1.165) is 8.95 Å². The van der Waals surface area contributed by atoms with E-state index >= 15 is 0 Å². The summed E-state index contributed by atoms with van der Waals surface area (Å²) in [6.45, 7) is 1.42. The Morgan fingerprint density at radius 1 is 0.905 bits per heavy atom. The van der Waals surface area contributed by atoms with Gasteiger partial charge in [0.1, 0.15) is 5.25 Å². The van der Waals surface area contributed by atoms with Crippen molar-refractivity contribution in [1.82, 2.24) is 0 Å². The molecule has 1 atom stereocenters. The lowest BCUT2D eigenvalue weighted by molar-refractivity contribution is 0.0991. The van der Waals surface area contributed by atoms with Crippen molar-refractivity contribution in [3.8, 4) is 0 Å². The highest BCUT2D eigenvalue weighted by Crippen LogP contribution is 2.22. The second kappa shape index (κ2) is 6.42. The van der Waals surface area contributed by atoms with E-state index in [2.05, 4.69) is 31.9 Å². The zero-order chi connectivity index (χ0) is 15.6. The van der Waals surface area contributed by atoms with Crippen molar-refractivity contribution in [3.63, 3.8) is 0 Å².